The number of carboxylic acid groups (broad SMARTS) is 1. The van der Waals surface area contributed by atoms with Gasteiger partial charge in [0.2, 0.25) is 0 Å². The van der Waals surface area contributed by atoms with E-state index in [-0.39, 0.29) is 0 Å². The summed E-state index contributed by atoms with van der Waals surface area (Å²) in [5.74, 6) is -1.26. The van der Waals surface area contributed by atoms with Crippen molar-refractivity contribution in [3.8, 4) is 5.75 Å². The quantitative estimate of drug-likeness (QED) is 0.898. The highest BCUT2D eigenvalue weighted by Crippen LogP contribution is 2.35. The highest BCUT2D eigenvalue weighted by Gasteiger charge is 2.38. The van der Waals surface area contributed by atoms with Crippen LogP contribution in [0, 0.1) is 5.92 Å². The van der Waals surface area contributed by atoms with Crippen molar-refractivity contribution in [3.63, 3.8) is 0 Å². The molecule has 1 aliphatic carbocycles. The van der Waals surface area contributed by atoms with E-state index in [4.69, 9.17) is 20.4 Å². The first kappa shape index (κ1) is 18.0. The van der Waals surface area contributed by atoms with E-state index >= 15 is 0 Å². The Hall–Kier alpha value is -2.02. The number of carbonyl (C=O) groups is 1. The third-order valence-corrected chi connectivity index (χ3v) is 3.18. The van der Waals surface area contributed by atoms with Gasteiger partial charge in [0.1, 0.15) is 5.75 Å². The molecule has 2 rings (SSSR count). The first-order chi connectivity index (χ1) is 10.1. The maximum Gasteiger partial charge on any atom is 0.490 e. The number of hydrogen-bond donors (Lipinski definition) is 2. The summed E-state index contributed by atoms with van der Waals surface area (Å²) in [6.45, 7) is 2.15. The monoisotopic (exact) mass is 317 g/mol. The molecule has 1 aromatic rings. The number of methoxy groups -OCH3 is 1. The molecule has 122 valence electrons. The fraction of sp³-hybridized carbons (Fsp3) is 0.400. The van der Waals surface area contributed by atoms with Gasteiger partial charge in [-0.05, 0) is 37.0 Å². The van der Waals surface area contributed by atoms with Crippen LogP contribution in [0.15, 0.2) is 29.8 Å². The molecule has 0 bridgehead atoms. The van der Waals surface area contributed by atoms with Crippen LogP contribution in [0.25, 0.3) is 6.08 Å². The molecule has 0 unspecified atom stereocenters. The summed E-state index contributed by atoms with van der Waals surface area (Å²) < 4.78 is 36.8. The standard InChI is InChI=1S/C13H17NO.C2HF3O2/c1-9(12-8-13(12)14)7-10-3-5-11(15-2)6-4-10;3-2(4,5)1(6)7/h3-7,12-13H,8,14H2,1-2H3;(H,6,7)/b9-7+;/t12-,13+;/m0./s1. The predicted octanol–water partition coefficient (Wildman–Crippen LogP) is 3.08. The highest BCUT2D eigenvalue weighted by molar-refractivity contribution is 5.73. The third kappa shape index (κ3) is 5.77. The normalized spacial score (nSPS) is 20.7. The number of nitrogens with two attached hydrogens (primary N) is 1. The van der Waals surface area contributed by atoms with Gasteiger partial charge in [0.15, 0.2) is 0 Å². The second kappa shape index (κ2) is 7.31. The second-order valence-electron chi connectivity index (χ2n) is 4.97. The van der Waals surface area contributed by atoms with Gasteiger partial charge in [-0.1, -0.05) is 23.8 Å². The highest BCUT2D eigenvalue weighted by atomic mass is 19.4. The number of alkyl halides is 3. The molecule has 0 aliphatic heterocycles. The lowest BCUT2D eigenvalue weighted by molar-refractivity contribution is -0.192. The first-order valence-corrected chi connectivity index (χ1v) is 6.53. The van der Waals surface area contributed by atoms with E-state index in [9.17, 15) is 13.2 Å². The van der Waals surface area contributed by atoms with Crippen LogP contribution in [0.5, 0.6) is 5.75 Å². The van der Waals surface area contributed by atoms with Crippen molar-refractivity contribution in [2.75, 3.05) is 7.11 Å². The Balaban J connectivity index is 0.000000295. The van der Waals surface area contributed by atoms with Gasteiger partial charge in [-0.2, -0.15) is 13.2 Å². The van der Waals surface area contributed by atoms with Crippen LogP contribution >= 0.6 is 0 Å². The lowest BCUT2D eigenvalue weighted by Gasteiger charge is -2.01. The molecule has 0 radical (unpaired) electrons. The summed E-state index contributed by atoms with van der Waals surface area (Å²) in [7, 11) is 1.68. The van der Waals surface area contributed by atoms with Gasteiger partial charge < -0.3 is 15.6 Å². The van der Waals surface area contributed by atoms with Crippen molar-refractivity contribution in [3.05, 3.63) is 35.4 Å². The fourth-order valence-corrected chi connectivity index (χ4v) is 1.81. The van der Waals surface area contributed by atoms with Crippen LogP contribution in [-0.2, 0) is 4.79 Å². The Morgan fingerprint density at radius 1 is 1.36 bits per heavy atom. The summed E-state index contributed by atoms with van der Waals surface area (Å²) in [4.78, 5) is 8.90. The van der Waals surface area contributed by atoms with E-state index < -0.39 is 12.1 Å². The van der Waals surface area contributed by atoms with Crippen LogP contribution in [0.4, 0.5) is 13.2 Å². The number of ether oxygens (including phenoxy) is 1. The van der Waals surface area contributed by atoms with Crippen LogP contribution in [0.3, 0.4) is 0 Å². The number of carboxylic acids is 1. The van der Waals surface area contributed by atoms with Gasteiger partial charge in [0, 0.05) is 6.04 Å². The molecule has 22 heavy (non-hydrogen) atoms. The largest absolute Gasteiger partial charge is 0.497 e. The Morgan fingerprint density at radius 3 is 2.14 bits per heavy atom. The van der Waals surface area contributed by atoms with Crippen LogP contribution in [0.2, 0.25) is 0 Å². The minimum atomic E-state index is -5.08. The number of rotatable bonds is 3. The van der Waals surface area contributed by atoms with Gasteiger partial charge in [-0.15, -0.1) is 0 Å². The van der Waals surface area contributed by atoms with Crippen LogP contribution in [0.1, 0.15) is 18.9 Å². The Labute approximate surface area is 126 Å². The van der Waals surface area contributed by atoms with E-state index in [2.05, 4.69) is 25.1 Å². The number of benzene rings is 1. The van der Waals surface area contributed by atoms with Gasteiger partial charge in [-0.3, -0.25) is 0 Å². The summed E-state index contributed by atoms with van der Waals surface area (Å²) in [5.41, 5.74) is 8.40. The van der Waals surface area contributed by atoms with Gasteiger partial charge in [0.05, 0.1) is 7.11 Å². The van der Waals surface area contributed by atoms with Crippen molar-refractivity contribution in [1.29, 1.82) is 0 Å². The van der Waals surface area contributed by atoms with Gasteiger partial charge in [-0.25, -0.2) is 4.79 Å². The SMILES string of the molecule is COc1ccc(/C=C(\C)[C@@H]2C[C@H]2N)cc1.O=C(O)C(F)(F)F. The molecule has 4 nitrogen and oxygen atoms in total. The Bertz CT molecular complexity index is 538. The van der Waals surface area contributed by atoms with E-state index in [0.717, 1.165) is 12.2 Å². The Kier molecular flexibility index (Phi) is 5.99. The summed E-state index contributed by atoms with van der Waals surface area (Å²) in [5, 5.41) is 7.12. The minimum Gasteiger partial charge on any atom is -0.497 e. The molecule has 1 aromatic carbocycles. The van der Waals surface area contributed by atoms with E-state index in [1.54, 1.807) is 7.11 Å². The van der Waals surface area contributed by atoms with Crippen molar-refractivity contribution in [1.82, 2.24) is 0 Å². The second-order valence-corrected chi connectivity index (χ2v) is 4.97. The minimum absolute atomic E-state index is 0.388. The molecule has 1 saturated carbocycles. The summed E-state index contributed by atoms with van der Waals surface area (Å²) in [6, 6.07) is 8.48. The third-order valence-electron chi connectivity index (χ3n) is 3.18. The van der Waals surface area contributed by atoms with Gasteiger partial charge >= 0.3 is 12.1 Å². The van der Waals surface area contributed by atoms with Crippen molar-refractivity contribution < 1.29 is 27.8 Å². The van der Waals surface area contributed by atoms with E-state index in [0.29, 0.717) is 12.0 Å². The molecule has 0 saturated heterocycles. The zero-order chi connectivity index (χ0) is 16.9. The Morgan fingerprint density at radius 2 is 1.82 bits per heavy atom. The van der Waals surface area contributed by atoms with Gasteiger partial charge in [0.25, 0.3) is 0 Å². The molecule has 7 heteroatoms. The van der Waals surface area contributed by atoms with Crippen LogP contribution < -0.4 is 10.5 Å². The van der Waals surface area contributed by atoms with Crippen LogP contribution in [-0.4, -0.2) is 30.4 Å². The molecule has 2 atom stereocenters. The average molecular weight is 317 g/mol. The zero-order valence-corrected chi connectivity index (χ0v) is 12.2. The lowest BCUT2D eigenvalue weighted by atomic mass is 10.1. The molecular formula is C15H18F3NO3. The lowest BCUT2D eigenvalue weighted by Crippen LogP contribution is -2.21. The van der Waals surface area contributed by atoms with Crippen molar-refractivity contribution in [2.45, 2.75) is 25.6 Å². The topological polar surface area (TPSA) is 72.5 Å². The summed E-state index contributed by atoms with van der Waals surface area (Å²) >= 11 is 0. The van der Waals surface area contributed by atoms with Crippen molar-refractivity contribution >= 4 is 12.0 Å². The molecule has 3 N–H and O–H groups in total. The van der Waals surface area contributed by atoms with E-state index in [1.165, 1.54) is 11.1 Å². The zero-order valence-electron chi connectivity index (χ0n) is 12.2. The molecule has 1 fully saturated rings. The molecule has 0 amide bonds. The molecule has 0 aromatic heterocycles. The summed E-state index contributed by atoms with van der Waals surface area (Å²) in [6.07, 6.45) is -1.74. The number of hydrogen-bond acceptors (Lipinski definition) is 3. The van der Waals surface area contributed by atoms with Crippen molar-refractivity contribution in [2.24, 2.45) is 11.7 Å². The smallest absolute Gasteiger partial charge is 0.490 e. The molecular weight excluding hydrogens is 299 g/mol. The molecule has 0 heterocycles. The maximum atomic E-state index is 10.6. The fourth-order valence-electron chi connectivity index (χ4n) is 1.81. The molecule has 1 aliphatic rings. The first-order valence-electron chi connectivity index (χ1n) is 6.53. The predicted molar refractivity (Wildman–Crippen MR) is 76.4 cm³/mol. The van der Waals surface area contributed by atoms with E-state index in [1.807, 2.05) is 12.1 Å². The number of aliphatic carboxylic acids is 1. The molecule has 0 spiro atoms. The maximum absolute atomic E-state index is 10.6. The average Bonchev–Trinajstić information content (AvgIpc) is 3.16. The number of halogens is 3.